The molecule has 0 heterocycles. The van der Waals surface area contributed by atoms with Gasteiger partial charge in [0, 0.05) is 0 Å². The Morgan fingerprint density at radius 1 is 0.731 bits per heavy atom. The van der Waals surface area contributed by atoms with Gasteiger partial charge in [0.25, 0.3) is 0 Å². The first-order chi connectivity index (χ1) is 12.8. The van der Waals surface area contributed by atoms with Gasteiger partial charge in [0.2, 0.25) is 0 Å². The molecule has 2 aliphatic carbocycles. The van der Waals surface area contributed by atoms with E-state index in [9.17, 15) is 4.79 Å². The molecule has 0 saturated heterocycles. The van der Waals surface area contributed by atoms with Gasteiger partial charge in [-0.2, -0.15) is 0 Å². The van der Waals surface area contributed by atoms with Crippen molar-refractivity contribution in [2.45, 2.75) is 0 Å². The second-order valence-corrected chi connectivity index (χ2v) is 5.75. The quantitative estimate of drug-likeness (QED) is 0.669. The molecule has 0 fully saturated rings. The van der Waals surface area contributed by atoms with Gasteiger partial charge in [0.05, 0.1) is 12.7 Å². The van der Waals surface area contributed by atoms with E-state index in [1.807, 2.05) is 103 Å². The molecule has 2 nitrogen and oxygen atoms in total. The molecule has 0 amide bonds. The van der Waals surface area contributed by atoms with Crippen molar-refractivity contribution < 1.29 is 9.53 Å². The minimum Gasteiger partial charge on any atom is -0.465 e. The molecule has 0 unspecified atom stereocenters. The Hall–Kier alpha value is -3.39. The molecular weight excluding hydrogens is 320 g/mol. The van der Waals surface area contributed by atoms with E-state index in [0.717, 1.165) is 22.3 Å². The second-order valence-electron chi connectivity index (χ2n) is 5.75. The molecule has 2 heteroatoms. The lowest BCUT2D eigenvalue weighted by Crippen LogP contribution is -2.06. The fraction of sp³-hybridized carbons (Fsp3) is 0.0417. The number of hydrogen-bond donors (Lipinski definition) is 0. The largest absolute Gasteiger partial charge is 0.465 e. The van der Waals surface area contributed by atoms with Gasteiger partial charge in [-0.25, -0.2) is 4.79 Å². The van der Waals surface area contributed by atoms with Crippen LogP contribution in [0.25, 0.3) is 11.1 Å². The zero-order chi connectivity index (χ0) is 18.2. The molecule has 0 radical (unpaired) electrons. The van der Waals surface area contributed by atoms with E-state index in [4.69, 9.17) is 4.74 Å². The summed E-state index contributed by atoms with van der Waals surface area (Å²) in [4.78, 5) is 12.4. The Morgan fingerprint density at radius 3 is 2.00 bits per heavy atom. The molecule has 0 aliphatic heterocycles. The summed E-state index contributed by atoms with van der Waals surface area (Å²) in [5.74, 6) is -0.344. The van der Waals surface area contributed by atoms with Gasteiger partial charge in [-0.15, -0.1) is 0 Å². The molecular formula is C24H20O2. The Labute approximate surface area is 154 Å². The van der Waals surface area contributed by atoms with Crippen LogP contribution in [0.5, 0.6) is 0 Å². The molecule has 1 aromatic carbocycles. The molecule has 3 rings (SSSR count). The fourth-order valence-corrected chi connectivity index (χ4v) is 2.76. The molecule has 0 spiro atoms. The lowest BCUT2D eigenvalue weighted by atomic mass is 9.93. The Balaban J connectivity index is 2.08. The lowest BCUT2D eigenvalue weighted by molar-refractivity contribution is 0.0600. The van der Waals surface area contributed by atoms with Crippen LogP contribution < -0.4 is 0 Å². The van der Waals surface area contributed by atoms with E-state index in [1.54, 1.807) is 0 Å². The van der Waals surface area contributed by atoms with E-state index in [2.05, 4.69) is 0 Å². The SMILES string of the molecule is COC(=O)c1cc(C2=CC=CC=CC=C2)ccc1C1=CC=CC=CC=C1. The number of ether oxygens (including phenoxy) is 1. The summed E-state index contributed by atoms with van der Waals surface area (Å²) in [7, 11) is 1.41. The first-order valence-electron chi connectivity index (χ1n) is 8.46. The first-order valence-corrected chi connectivity index (χ1v) is 8.46. The highest BCUT2D eigenvalue weighted by Crippen LogP contribution is 2.27. The Kier molecular flexibility index (Phi) is 5.79. The number of hydrogen-bond acceptors (Lipinski definition) is 2. The smallest absolute Gasteiger partial charge is 0.338 e. The number of allylic oxidation sites excluding steroid dienone is 16. The van der Waals surface area contributed by atoms with Gasteiger partial charge in [-0.05, 0) is 28.3 Å². The third-order valence-corrected chi connectivity index (χ3v) is 4.06. The van der Waals surface area contributed by atoms with Crippen molar-refractivity contribution in [2.75, 3.05) is 7.11 Å². The number of carbonyl (C=O) groups is 1. The van der Waals surface area contributed by atoms with Crippen LogP contribution in [0.15, 0.2) is 103 Å². The van der Waals surface area contributed by atoms with Crippen molar-refractivity contribution in [3.05, 3.63) is 120 Å². The highest BCUT2D eigenvalue weighted by atomic mass is 16.5. The summed E-state index contributed by atoms with van der Waals surface area (Å²) in [6.45, 7) is 0. The summed E-state index contributed by atoms with van der Waals surface area (Å²) in [5.41, 5.74) is 4.36. The van der Waals surface area contributed by atoms with Crippen LogP contribution in [0.4, 0.5) is 0 Å². The maximum Gasteiger partial charge on any atom is 0.338 e. The first kappa shape index (κ1) is 17.4. The zero-order valence-corrected chi connectivity index (χ0v) is 14.6. The van der Waals surface area contributed by atoms with Crippen LogP contribution in [0.3, 0.4) is 0 Å². The molecule has 0 atom stereocenters. The fourth-order valence-electron chi connectivity index (χ4n) is 2.76. The lowest BCUT2D eigenvalue weighted by Gasteiger charge is -2.12. The van der Waals surface area contributed by atoms with Gasteiger partial charge in [0.1, 0.15) is 0 Å². The number of carbonyl (C=O) groups excluding carboxylic acids is 1. The van der Waals surface area contributed by atoms with Crippen molar-refractivity contribution >= 4 is 17.1 Å². The van der Waals surface area contributed by atoms with Crippen LogP contribution in [0.2, 0.25) is 0 Å². The number of rotatable bonds is 3. The van der Waals surface area contributed by atoms with Gasteiger partial charge in [-0.3, -0.25) is 0 Å². The van der Waals surface area contributed by atoms with Crippen LogP contribution >= 0.6 is 0 Å². The van der Waals surface area contributed by atoms with Crippen LogP contribution in [0.1, 0.15) is 21.5 Å². The van der Waals surface area contributed by atoms with Crippen molar-refractivity contribution in [1.29, 1.82) is 0 Å². The molecule has 1 aromatic rings. The summed E-state index contributed by atoms with van der Waals surface area (Å²) in [6, 6.07) is 5.90. The van der Waals surface area contributed by atoms with Crippen molar-refractivity contribution in [3.8, 4) is 0 Å². The predicted octanol–water partition coefficient (Wildman–Crippen LogP) is 5.60. The second kappa shape index (κ2) is 8.63. The van der Waals surface area contributed by atoms with E-state index >= 15 is 0 Å². The monoisotopic (exact) mass is 340 g/mol. The molecule has 0 aromatic heterocycles. The van der Waals surface area contributed by atoms with E-state index in [1.165, 1.54) is 7.11 Å². The molecule has 0 bridgehead atoms. The molecule has 128 valence electrons. The van der Waals surface area contributed by atoms with Gasteiger partial charge < -0.3 is 4.74 Å². The average molecular weight is 340 g/mol. The molecule has 26 heavy (non-hydrogen) atoms. The summed E-state index contributed by atoms with van der Waals surface area (Å²) >= 11 is 0. The maximum absolute atomic E-state index is 12.4. The topological polar surface area (TPSA) is 26.3 Å². The minimum absolute atomic E-state index is 0.344. The van der Waals surface area contributed by atoms with Crippen LogP contribution in [0, 0.1) is 0 Å². The van der Waals surface area contributed by atoms with Gasteiger partial charge in [-0.1, -0.05) is 97.2 Å². The van der Waals surface area contributed by atoms with E-state index in [0.29, 0.717) is 5.56 Å². The van der Waals surface area contributed by atoms with Crippen LogP contribution in [-0.4, -0.2) is 13.1 Å². The minimum atomic E-state index is -0.344. The number of benzene rings is 1. The summed E-state index contributed by atoms with van der Waals surface area (Å²) in [5, 5.41) is 0. The number of methoxy groups -OCH3 is 1. The van der Waals surface area contributed by atoms with Crippen LogP contribution in [-0.2, 0) is 4.74 Å². The predicted molar refractivity (Wildman–Crippen MR) is 109 cm³/mol. The highest BCUT2D eigenvalue weighted by molar-refractivity contribution is 5.98. The van der Waals surface area contributed by atoms with Crippen molar-refractivity contribution in [3.63, 3.8) is 0 Å². The third-order valence-electron chi connectivity index (χ3n) is 4.06. The summed E-state index contributed by atoms with van der Waals surface area (Å²) in [6.07, 6.45) is 27.7. The molecule has 0 saturated carbocycles. The van der Waals surface area contributed by atoms with E-state index < -0.39 is 0 Å². The normalized spacial score (nSPS) is 15.6. The zero-order valence-electron chi connectivity index (χ0n) is 14.6. The molecule has 0 N–H and O–H groups in total. The third kappa shape index (κ3) is 4.17. The van der Waals surface area contributed by atoms with Crippen molar-refractivity contribution in [1.82, 2.24) is 0 Å². The highest BCUT2D eigenvalue weighted by Gasteiger charge is 2.15. The van der Waals surface area contributed by atoms with Crippen molar-refractivity contribution in [2.24, 2.45) is 0 Å². The number of esters is 1. The Bertz CT molecular complexity index is 929. The summed E-state index contributed by atoms with van der Waals surface area (Å²) < 4.78 is 5.03. The average Bonchev–Trinajstić information content (AvgIpc) is 2.60. The standard InChI is InChI=1S/C24H20O2/c1-26-24(25)23-18-21(19-12-8-4-2-5-9-13-19)16-17-22(23)20-14-10-6-3-7-11-15-20/h2-18H,1H3. The maximum atomic E-state index is 12.4. The Morgan fingerprint density at radius 2 is 1.31 bits per heavy atom. The van der Waals surface area contributed by atoms with E-state index in [-0.39, 0.29) is 5.97 Å². The van der Waals surface area contributed by atoms with Gasteiger partial charge >= 0.3 is 5.97 Å². The molecule has 2 aliphatic rings. The van der Waals surface area contributed by atoms with Gasteiger partial charge in [0.15, 0.2) is 0 Å².